The van der Waals surface area contributed by atoms with E-state index in [2.05, 4.69) is 12.1 Å². The van der Waals surface area contributed by atoms with Gasteiger partial charge >= 0.3 is 0 Å². The lowest BCUT2D eigenvalue weighted by Gasteiger charge is -2.18. The Morgan fingerprint density at radius 2 is 2.12 bits per heavy atom. The largest absolute Gasteiger partial charge is 0.501 e. The van der Waals surface area contributed by atoms with Crippen LogP contribution < -0.4 is 0 Å². The highest BCUT2D eigenvalue weighted by Gasteiger charge is 2.14. The summed E-state index contributed by atoms with van der Waals surface area (Å²) >= 11 is 1.68. The fraction of sp³-hybridized carbons (Fsp3) is 0.385. The Bertz CT molecular complexity index is 348. The van der Waals surface area contributed by atoms with Crippen molar-refractivity contribution in [1.29, 1.82) is 0 Å². The summed E-state index contributed by atoms with van der Waals surface area (Å²) in [5.74, 6) is 0.694. The van der Waals surface area contributed by atoms with Crippen molar-refractivity contribution < 1.29 is 9.84 Å². The van der Waals surface area contributed by atoms with Gasteiger partial charge < -0.3 is 9.84 Å². The van der Waals surface area contributed by atoms with Crippen molar-refractivity contribution in [3.05, 3.63) is 42.2 Å². The molecule has 0 aliphatic carbocycles. The highest BCUT2D eigenvalue weighted by molar-refractivity contribution is 7.99. The van der Waals surface area contributed by atoms with Gasteiger partial charge in [-0.1, -0.05) is 18.2 Å². The molecular formula is C13H16O2S. The first kappa shape index (κ1) is 11.6. The van der Waals surface area contributed by atoms with Crippen LogP contribution in [0.25, 0.3) is 0 Å². The van der Waals surface area contributed by atoms with Crippen LogP contribution in [0.5, 0.6) is 0 Å². The molecule has 1 aliphatic rings. The predicted octanol–water partition coefficient (Wildman–Crippen LogP) is 2.83. The van der Waals surface area contributed by atoms with Crippen LogP contribution >= 0.6 is 11.8 Å². The van der Waals surface area contributed by atoms with Crippen molar-refractivity contribution in [3.8, 4) is 0 Å². The molecule has 1 aromatic rings. The molecule has 1 unspecified atom stereocenters. The Morgan fingerprint density at radius 3 is 2.81 bits per heavy atom. The van der Waals surface area contributed by atoms with Gasteiger partial charge in [0.25, 0.3) is 0 Å². The normalized spacial score (nSPS) is 17.4. The van der Waals surface area contributed by atoms with Crippen LogP contribution in [0.15, 0.2) is 47.1 Å². The summed E-state index contributed by atoms with van der Waals surface area (Å²) < 4.78 is 5.22. The van der Waals surface area contributed by atoms with Crippen molar-refractivity contribution in [2.75, 3.05) is 12.4 Å². The van der Waals surface area contributed by atoms with Gasteiger partial charge in [0.1, 0.15) is 0 Å². The van der Waals surface area contributed by atoms with Gasteiger partial charge in [0, 0.05) is 10.6 Å². The van der Waals surface area contributed by atoms with E-state index < -0.39 is 0 Å². The lowest BCUT2D eigenvalue weighted by Crippen LogP contribution is -2.16. The zero-order valence-electron chi connectivity index (χ0n) is 9.13. The minimum absolute atomic E-state index is 0.384. The van der Waals surface area contributed by atoms with Crippen molar-refractivity contribution in [2.24, 2.45) is 0 Å². The Morgan fingerprint density at radius 1 is 1.31 bits per heavy atom. The molecule has 3 heteroatoms. The van der Waals surface area contributed by atoms with Crippen molar-refractivity contribution in [3.63, 3.8) is 0 Å². The molecule has 0 saturated carbocycles. The van der Waals surface area contributed by atoms with Crippen molar-refractivity contribution in [2.45, 2.75) is 23.8 Å². The van der Waals surface area contributed by atoms with Crippen LogP contribution in [0.3, 0.4) is 0 Å². The number of hydrogen-bond donors (Lipinski definition) is 1. The van der Waals surface area contributed by atoms with Crippen LogP contribution in [0.2, 0.25) is 0 Å². The number of ether oxygens (including phenoxy) is 1. The Kier molecular flexibility index (Phi) is 4.31. The molecule has 0 saturated heterocycles. The molecule has 0 amide bonds. The van der Waals surface area contributed by atoms with Gasteiger partial charge in [0.2, 0.25) is 0 Å². The number of aliphatic hydroxyl groups is 1. The molecule has 1 atom stereocenters. The second-order valence-electron chi connectivity index (χ2n) is 3.81. The van der Waals surface area contributed by atoms with Gasteiger partial charge in [-0.05, 0) is 30.5 Å². The molecule has 0 spiro atoms. The second-order valence-corrected chi connectivity index (χ2v) is 4.90. The molecule has 1 N–H and O–H groups in total. The van der Waals surface area contributed by atoms with Crippen LogP contribution in [0.4, 0.5) is 0 Å². The maximum atomic E-state index is 9.97. The van der Waals surface area contributed by atoms with Gasteiger partial charge in [0.15, 0.2) is 0 Å². The van der Waals surface area contributed by atoms with Crippen LogP contribution in [0, 0.1) is 0 Å². The lowest BCUT2D eigenvalue weighted by atomic mass is 10.1. The molecule has 0 aromatic heterocycles. The van der Waals surface area contributed by atoms with E-state index in [9.17, 15) is 5.11 Å². The number of benzene rings is 1. The maximum Gasteiger partial charge on any atom is 0.0876 e. The third-order valence-corrected chi connectivity index (χ3v) is 3.63. The summed E-state index contributed by atoms with van der Waals surface area (Å²) in [7, 11) is 0. The van der Waals surface area contributed by atoms with Crippen molar-refractivity contribution in [1.82, 2.24) is 0 Å². The van der Waals surface area contributed by atoms with E-state index in [0.29, 0.717) is 5.75 Å². The molecule has 0 fully saturated rings. The fourth-order valence-corrected chi connectivity index (χ4v) is 2.54. The maximum absolute atomic E-state index is 9.97. The van der Waals surface area contributed by atoms with E-state index in [4.69, 9.17) is 4.74 Å². The molecule has 2 nitrogen and oxygen atoms in total. The van der Waals surface area contributed by atoms with E-state index in [1.807, 2.05) is 18.2 Å². The zero-order valence-corrected chi connectivity index (χ0v) is 9.95. The van der Waals surface area contributed by atoms with Crippen LogP contribution in [0.1, 0.15) is 12.8 Å². The third kappa shape index (κ3) is 3.29. The second kappa shape index (κ2) is 5.97. The first-order chi connectivity index (χ1) is 7.86. The Balaban J connectivity index is 1.83. The summed E-state index contributed by atoms with van der Waals surface area (Å²) in [6, 6.07) is 10.1. The third-order valence-electron chi connectivity index (χ3n) is 2.54. The molecule has 16 heavy (non-hydrogen) atoms. The molecule has 86 valence electrons. The molecule has 1 heterocycles. The molecular weight excluding hydrogens is 220 g/mol. The highest BCUT2D eigenvalue weighted by Crippen LogP contribution is 2.23. The van der Waals surface area contributed by atoms with Crippen LogP contribution in [-0.2, 0) is 4.74 Å². The molecule has 2 rings (SSSR count). The van der Waals surface area contributed by atoms with E-state index in [1.54, 1.807) is 18.0 Å². The zero-order chi connectivity index (χ0) is 11.2. The predicted molar refractivity (Wildman–Crippen MR) is 66.4 cm³/mol. The van der Waals surface area contributed by atoms with Crippen molar-refractivity contribution >= 4 is 11.8 Å². The minimum Gasteiger partial charge on any atom is -0.501 e. The SMILES string of the molecule is OC(CSc1ccccc1)C1=COCCC1. The lowest BCUT2D eigenvalue weighted by molar-refractivity contribution is 0.182. The molecule has 0 bridgehead atoms. The summed E-state index contributed by atoms with van der Waals surface area (Å²) in [5, 5.41) is 9.97. The van der Waals surface area contributed by atoms with E-state index >= 15 is 0 Å². The highest BCUT2D eigenvalue weighted by atomic mass is 32.2. The average molecular weight is 236 g/mol. The molecule has 1 aromatic carbocycles. The van der Waals surface area contributed by atoms with E-state index in [0.717, 1.165) is 25.0 Å². The average Bonchev–Trinajstić information content (AvgIpc) is 2.38. The first-order valence-corrected chi connectivity index (χ1v) is 6.51. The van der Waals surface area contributed by atoms with Crippen LogP contribution in [-0.4, -0.2) is 23.6 Å². The standard InChI is InChI=1S/C13H16O2S/c14-13(11-5-4-8-15-9-11)10-16-12-6-2-1-3-7-12/h1-3,6-7,9,13-14H,4-5,8,10H2. The van der Waals surface area contributed by atoms with E-state index in [-0.39, 0.29) is 6.10 Å². The Labute approximate surface area is 100 Å². The first-order valence-electron chi connectivity index (χ1n) is 5.53. The summed E-state index contributed by atoms with van der Waals surface area (Å²) in [6.07, 6.45) is 3.31. The number of hydrogen-bond acceptors (Lipinski definition) is 3. The smallest absolute Gasteiger partial charge is 0.0876 e. The van der Waals surface area contributed by atoms with Gasteiger partial charge in [-0.2, -0.15) is 0 Å². The molecule has 1 aliphatic heterocycles. The van der Waals surface area contributed by atoms with E-state index in [1.165, 1.54) is 4.90 Å². The number of rotatable bonds is 4. The monoisotopic (exact) mass is 236 g/mol. The number of thioether (sulfide) groups is 1. The fourth-order valence-electron chi connectivity index (χ4n) is 1.63. The molecule has 0 radical (unpaired) electrons. The summed E-state index contributed by atoms with van der Waals surface area (Å²) in [6.45, 7) is 0.780. The Hall–Kier alpha value is -0.930. The summed E-state index contributed by atoms with van der Waals surface area (Å²) in [4.78, 5) is 1.19. The summed E-state index contributed by atoms with van der Waals surface area (Å²) in [5.41, 5.74) is 1.02. The van der Waals surface area contributed by atoms with Gasteiger partial charge in [-0.25, -0.2) is 0 Å². The topological polar surface area (TPSA) is 29.5 Å². The van der Waals surface area contributed by atoms with Gasteiger partial charge in [0.05, 0.1) is 19.0 Å². The van der Waals surface area contributed by atoms with Gasteiger partial charge in [-0.3, -0.25) is 0 Å². The minimum atomic E-state index is -0.384. The number of aliphatic hydroxyl groups excluding tert-OH is 1. The quantitative estimate of drug-likeness (QED) is 0.815. The van der Waals surface area contributed by atoms with Gasteiger partial charge in [-0.15, -0.1) is 11.8 Å².